The van der Waals surface area contributed by atoms with E-state index in [1.807, 2.05) is 0 Å². The third-order valence-corrected chi connectivity index (χ3v) is 5.20. The highest BCUT2D eigenvalue weighted by Gasteiger charge is 2.34. The summed E-state index contributed by atoms with van der Waals surface area (Å²) in [5.41, 5.74) is 1.15. The van der Waals surface area contributed by atoms with E-state index in [9.17, 15) is 18.0 Å². The lowest BCUT2D eigenvalue weighted by atomic mass is 10.1. The Kier molecular flexibility index (Phi) is 6.05. The summed E-state index contributed by atoms with van der Waals surface area (Å²) >= 11 is 5.99. The van der Waals surface area contributed by atoms with Gasteiger partial charge < -0.3 is 10.1 Å². The number of alkyl halides is 3. The van der Waals surface area contributed by atoms with Crippen LogP contribution in [0.2, 0.25) is 5.02 Å². The number of nitrogens with one attached hydrogen (secondary N) is 1. The van der Waals surface area contributed by atoms with E-state index in [1.165, 1.54) is 29.8 Å². The number of halogens is 4. The van der Waals surface area contributed by atoms with Crippen LogP contribution in [0.4, 0.5) is 18.9 Å². The van der Waals surface area contributed by atoms with Crippen LogP contribution in [-0.2, 0) is 17.5 Å². The molecule has 0 aliphatic heterocycles. The summed E-state index contributed by atoms with van der Waals surface area (Å²) in [7, 11) is 1.52. The van der Waals surface area contributed by atoms with Gasteiger partial charge in [0, 0.05) is 12.1 Å². The molecule has 0 bridgehead atoms. The maximum absolute atomic E-state index is 13.3. The molecule has 0 saturated carbocycles. The number of nitrogens with zero attached hydrogens (tertiary/aromatic N) is 4. The fourth-order valence-electron chi connectivity index (χ4n) is 3.43. The molecule has 1 amide bonds. The molecule has 2 aromatic heterocycles. The minimum absolute atomic E-state index is 0.159. The first-order valence-electron chi connectivity index (χ1n) is 9.68. The lowest BCUT2D eigenvalue weighted by Crippen LogP contribution is -2.20. The van der Waals surface area contributed by atoms with Crippen molar-refractivity contribution >= 4 is 28.8 Å². The number of hydrogen-bond donors (Lipinski definition) is 1. The molecule has 1 N–H and O–H groups in total. The second kappa shape index (κ2) is 8.80. The molecule has 2 heterocycles. The topological polar surface area (TPSA) is 81.4 Å². The fourth-order valence-corrected chi connectivity index (χ4v) is 3.56. The van der Waals surface area contributed by atoms with Gasteiger partial charge in [0.1, 0.15) is 0 Å². The Bertz CT molecular complexity index is 1340. The van der Waals surface area contributed by atoms with Gasteiger partial charge >= 0.3 is 6.18 Å². The number of aromatic nitrogens is 4. The van der Waals surface area contributed by atoms with Crippen LogP contribution in [0.15, 0.2) is 48.5 Å². The number of anilines is 1. The SMILES string of the molecule is COCc1nn2c(C)c(C(=O)Nc3ccccc3C(F)(F)F)nnc2c1-c1ccc(Cl)cc1. The van der Waals surface area contributed by atoms with E-state index >= 15 is 0 Å². The summed E-state index contributed by atoms with van der Waals surface area (Å²) in [6, 6.07) is 11.7. The van der Waals surface area contributed by atoms with Gasteiger partial charge in [0.2, 0.25) is 0 Å². The van der Waals surface area contributed by atoms with E-state index < -0.39 is 17.6 Å². The zero-order valence-electron chi connectivity index (χ0n) is 17.4. The van der Waals surface area contributed by atoms with E-state index in [2.05, 4.69) is 20.6 Å². The summed E-state index contributed by atoms with van der Waals surface area (Å²) in [6.45, 7) is 1.75. The molecule has 0 unspecified atom stereocenters. The number of carbonyl (C=O) groups is 1. The van der Waals surface area contributed by atoms with Gasteiger partial charge in [0.15, 0.2) is 11.3 Å². The number of carbonyl (C=O) groups excluding carboxylic acids is 1. The Balaban J connectivity index is 1.78. The van der Waals surface area contributed by atoms with E-state index in [1.54, 1.807) is 31.2 Å². The van der Waals surface area contributed by atoms with E-state index in [-0.39, 0.29) is 18.0 Å². The van der Waals surface area contributed by atoms with Crippen molar-refractivity contribution in [2.24, 2.45) is 0 Å². The number of amides is 1. The second-order valence-electron chi connectivity index (χ2n) is 7.13. The van der Waals surface area contributed by atoms with Crippen molar-refractivity contribution in [3.8, 4) is 11.1 Å². The normalized spacial score (nSPS) is 11.7. The summed E-state index contributed by atoms with van der Waals surface area (Å²) in [6.07, 6.45) is -4.63. The number of ether oxygens (including phenoxy) is 1. The molecule has 33 heavy (non-hydrogen) atoms. The summed E-state index contributed by atoms with van der Waals surface area (Å²) in [4.78, 5) is 12.8. The minimum atomic E-state index is -4.63. The molecule has 0 fully saturated rings. The van der Waals surface area contributed by atoms with Gasteiger partial charge in [-0.25, -0.2) is 4.52 Å². The van der Waals surface area contributed by atoms with Crippen LogP contribution in [0, 0.1) is 6.92 Å². The van der Waals surface area contributed by atoms with Crippen molar-refractivity contribution in [3.05, 3.63) is 76.2 Å². The average molecular weight is 476 g/mol. The number of methoxy groups -OCH3 is 1. The van der Waals surface area contributed by atoms with E-state index in [0.29, 0.717) is 27.6 Å². The number of rotatable bonds is 5. The molecule has 4 aromatic rings. The van der Waals surface area contributed by atoms with Gasteiger partial charge in [-0.15, -0.1) is 10.2 Å². The molecule has 0 spiro atoms. The Morgan fingerprint density at radius 2 is 1.82 bits per heavy atom. The van der Waals surface area contributed by atoms with Gasteiger partial charge in [-0.05, 0) is 36.8 Å². The highest BCUT2D eigenvalue weighted by molar-refractivity contribution is 6.30. The van der Waals surface area contributed by atoms with Crippen LogP contribution < -0.4 is 5.32 Å². The third-order valence-electron chi connectivity index (χ3n) is 4.95. The Morgan fingerprint density at radius 1 is 1.12 bits per heavy atom. The van der Waals surface area contributed by atoms with Crippen LogP contribution in [0.3, 0.4) is 0 Å². The Morgan fingerprint density at radius 3 is 2.48 bits per heavy atom. The maximum atomic E-state index is 13.3. The molecule has 11 heteroatoms. The van der Waals surface area contributed by atoms with Gasteiger partial charge in [-0.3, -0.25) is 4.79 Å². The first-order chi connectivity index (χ1) is 15.7. The molecule has 7 nitrogen and oxygen atoms in total. The van der Waals surface area contributed by atoms with Crippen molar-refractivity contribution < 1.29 is 22.7 Å². The van der Waals surface area contributed by atoms with Gasteiger partial charge in [-0.1, -0.05) is 35.9 Å². The molecule has 4 rings (SSSR count). The number of benzene rings is 2. The fraction of sp³-hybridized carbons (Fsp3) is 0.182. The van der Waals surface area contributed by atoms with Crippen LogP contribution in [0.1, 0.15) is 27.4 Å². The van der Waals surface area contributed by atoms with Gasteiger partial charge in [-0.2, -0.15) is 18.3 Å². The zero-order valence-corrected chi connectivity index (χ0v) is 18.2. The smallest absolute Gasteiger partial charge is 0.378 e. The highest BCUT2D eigenvalue weighted by atomic mass is 35.5. The average Bonchev–Trinajstić information content (AvgIpc) is 3.13. The third kappa shape index (κ3) is 4.39. The van der Waals surface area contributed by atoms with Crippen LogP contribution in [0.5, 0.6) is 0 Å². The predicted molar refractivity (Wildman–Crippen MR) is 116 cm³/mol. The van der Waals surface area contributed by atoms with Crippen LogP contribution >= 0.6 is 11.6 Å². The second-order valence-corrected chi connectivity index (χ2v) is 7.56. The van der Waals surface area contributed by atoms with Crippen molar-refractivity contribution in [3.63, 3.8) is 0 Å². The zero-order chi connectivity index (χ0) is 23.8. The number of aryl methyl sites for hydroxylation is 1. The molecule has 170 valence electrons. The summed E-state index contributed by atoms with van der Waals surface area (Å²) in [5, 5.41) is 15.5. The molecule has 2 aromatic carbocycles. The largest absolute Gasteiger partial charge is 0.418 e. The molecule has 0 aliphatic rings. The first-order valence-corrected chi connectivity index (χ1v) is 10.1. The number of para-hydroxylation sites is 1. The monoisotopic (exact) mass is 475 g/mol. The molecular formula is C22H17ClF3N5O2. The lowest BCUT2D eigenvalue weighted by Gasteiger charge is -2.13. The predicted octanol–water partition coefficient (Wildman–Crippen LogP) is 5.17. The number of hydrogen-bond acceptors (Lipinski definition) is 5. The van der Waals surface area contributed by atoms with Crippen LogP contribution in [0.25, 0.3) is 16.8 Å². The van der Waals surface area contributed by atoms with Gasteiger partial charge in [0.05, 0.1) is 34.8 Å². The quantitative estimate of drug-likeness (QED) is 0.430. The molecule has 0 radical (unpaired) electrons. The molecule has 0 aliphatic carbocycles. The molecular weight excluding hydrogens is 459 g/mol. The molecule has 0 atom stereocenters. The standard InChI is InChI=1S/C22H17ClF3N5O2/c1-12-19(21(32)27-16-6-4-3-5-15(16)22(24,25)26)28-29-20-18(13-7-9-14(23)10-8-13)17(11-33-2)30-31(12)20/h3-10H,11H2,1-2H3,(H,27,32). The van der Waals surface area contributed by atoms with Gasteiger partial charge in [0.25, 0.3) is 5.91 Å². The first kappa shape index (κ1) is 22.7. The van der Waals surface area contributed by atoms with Crippen molar-refractivity contribution in [2.45, 2.75) is 19.7 Å². The number of fused-ring (bicyclic) bond motifs is 1. The highest BCUT2D eigenvalue weighted by Crippen LogP contribution is 2.35. The Labute approximate surface area is 191 Å². The van der Waals surface area contributed by atoms with E-state index in [0.717, 1.165) is 11.6 Å². The minimum Gasteiger partial charge on any atom is -0.378 e. The van der Waals surface area contributed by atoms with Crippen molar-refractivity contribution in [1.82, 2.24) is 19.8 Å². The lowest BCUT2D eigenvalue weighted by molar-refractivity contribution is -0.136. The van der Waals surface area contributed by atoms with Crippen molar-refractivity contribution in [1.29, 1.82) is 0 Å². The Hall–Kier alpha value is -3.50. The summed E-state index contributed by atoms with van der Waals surface area (Å²) in [5.74, 6) is -0.838. The van der Waals surface area contributed by atoms with E-state index in [4.69, 9.17) is 16.3 Å². The van der Waals surface area contributed by atoms with Crippen LogP contribution in [-0.4, -0.2) is 32.8 Å². The maximum Gasteiger partial charge on any atom is 0.418 e. The van der Waals surface area contributed by atoms with Crippen molar-refractivity contribution in [2.75, 3.05) is 12.4 Å². The molecule has 0 saturated heterocycles. The summed E-state index contributed by atoms with van der Waals surface area (Å²) < 4.78 is 46.5.